The SMILES string of the molecule is CC1(C)C=Cc2c(cc(O)c3c(=O)c(OCc4ccccc4)c(-c4ccccc4)oc23)O1. The van der Waals surface area contributed by atoms with Crippen LogP contribution in [-0.4, -0.2) is 10.7 Å². The first-order valence-electron chi connectivity index (χ1n) is 10.4. The summed E-state index contributed by atoms with van der Waals surface area (Å²) >= 11 is 0. The number of hydrogen-bond donors (Lipinski definition) is 1. The molecule has 1 aliphatic rings. The van der Waals surface area contributed by atoms with E-state index in [4.69, 9.17) is 13.9 Å². The number of hydrogen-bond acceptors (Lipinski definition) is 5. The quantitative estimate of drug-likeness (QED) is 0.438. The third-order valence-electron chi connectivity index (χ3n) is 5.39. The van der Waals surface area contributed by atoms with E-state index in [2.05, 4.69) is 0 Å². The minimum absolute atomic E-state index is 0.0591. The number of rotatable bonds is 4. The highest BCUT2D eigenvalue weighted by atomic mass is 16.5. The van der Waals surface area contributed by atoms with Gasteiger partial charge in [-0.3, -0.25) is 4.79 Å². The minimum Gasteiger partial charge on any atom is -0.507 e. The summed E-state index contributed by atoms with van der Waals surface area (Å²) in [6.45, 7) is 4.03. The first kappa shape index (κ1) is 19.9. The van der Waals surface area contributed by atoms with Crippen LogP contribution in [0, 0.1) is 0 Å². The number of phenolic OH excluding ortho intramolecular Hbond substituents is 1. The normalized spacial score (nSPS) is 14.1. The van der Waals surface area contributed by atoms with Crippen LogP contribution in [0.15, 0.2) is 82.0 Å². The molecule has 0 atom stereocenters. The minimum atomic E-state index is -0.533. The third-order valence-corrected chi connectivity index (χ3v) is 5.39. The maximum Gasteiger partial charge on any atom is 0.239 e. The van der Waals surface area contributed by atoms with Crippen LogP contribution in [0.4, 0.5) is 0 Å². The molecule has 0 spiro atoms. The molecule has 2 heterocycles. The highest BCUT2D eigenvalue weighted by Crippen LogP contribution is 2.42. The molecule has 0 radical (unpaired) electrons. The fourth-order valence-electron chi connectivity index (χ4n) is 3.81. The van der Waals surface area contributed by atoms with Crippen molar-refractivity contribution < 1.29 is 19.0 Å². The second-order valence-electron chi connectivity index (χ2n) is 8.28. The van der Waals surface area contributed by atoms with Gasteiger partial charge >= 0.3 is 0 Å². The molecule has 0 aliphatic carbocycles. The Hall–Kier alpha value is -3.99. The van der Waals surface area contributed by atoms with E-state index in [1.807, 2.05) is 86.7 Å². The monoisotopic (exact) mass is 426 g/mol. The molecule has 0 unspecified atom stereocenters. The molecule has 0 bridgehead atoms. The Morgan fingerprint density at radius 2 is 1.69 bits per heavy atom. The zero-order chi connectivity index (χ0) is 22.3. The molecule has 4 aromatic rings. The molecule has 0 amide bonds. The summed E-state index contributed by atoms with van der Waals surface area (Å²) in [5, 5.41) is 10.8. The van der Waals surface area contributed by atoms with E-state index in [-0.39, 0.29) is 29.1 Å². The molecule has 32 heavy (non-hydrogen) atoms. The van der Waals surface area contributed by atoms with Gasteiger partial charge in [0.25, 0.3) is 0 Å². The first-order chi connectivity index (χ1) is 15.4. The van der Waals surface area contributed by atoms with Crippen molar-refractivity contribution in [1.29, 1.82) is 0 Å². The van der Waals surface area contributed by atoms with E-state index in [0.717, 1.165) is 5.56 Å². The number of phenols is 1. The van der Waals surface area contributed by atoms with Crippen molar-refractivity contribution in [2.75, 3.05) is 0 Å². The van der Waals surface area contributed by atoms with Crippen LogP contribution in [0.25, 0.3) is 28.4 Å². The summed E-state index contributed by atoms with van der Waals surface area (Å²) in [5.41, 5.74) is 1.53. The fraction of sp³-hybridized carbons (Fsp3) is 0.148. The van der Waals surface area contributed by atoms with Crippen molar-refractivity contribution in [1.82, 2.24) is 0 Å². The summed E-state index contributed by atoms with van der Waals surface area (Å²) in [7, 11) is 0. The Balaban J connectivity index is 1.74. The topological polar surface area (TPSA) is 68.9 Å². The average Bonchev–Trinajstić information content (AvgIpc) is 2.78. The van der Waals surface area contributed by atoms with Gasteiger partial charge in [-0.2, -0.15) is 0 Å². The molecule has 1 N–H and O–H groups in total. The molecule has 0 saturated carbocycles. The van der Waals surface area contributed by atoms with E-state index in [9.17, 15) is 9.90 Å². The second kappa shape index (κ2) is 7.61. The van der Waals surface area contributed by atoms with Gasteiger partial charge in [0.2, 0.25) is 11.2 Å². The molecular formula is C27H22O5. The molecule has 3 aromatic carbocycles. The van der Waals surface area contributed by atoms with Crippen LogP contribution in [0.1, 0.15) is 25.0 Å². The Labute approximate surface area is 185 Å². The Kier molecular flexibility index (Phi) is 4.74. The predicted octanol–water partition coefficient (Wildman–Crippen LogP) is 5.93. The maximum absolute atomic E-state index is 13.6. The van der Waals surface area contributed by atoms with Gasteiger partial charge in [0, 0.05) is 11.6 Å². The molecular weight excluding hydrogens is 404 g/mol. The van der Waals surface area contributed by atoms with Gasteiger partial charge < -0.3 is 19.0 Å². The molecule has 5 rings (SSSR count). The lowest BCUT2D eigenvalue weighted by molar-refractivity contribution is 0.158. The lowest BCUT2D eigenvalue weighted by Gasteiger charge is -2.28. The zero-order valence-electron chi connectivity index (χ0n) is 17.8. The molecule has 160 valence electrons. The number of benzene rings is 3. The highest BCUT2D eigenvalue weighted by molar-refractivity contribution is 5.95. The molecule has 1 aromatic heterocycles. The lowest BCUT2D eigenvalue weighted by Crippen LogP contribution is -2.27. The Morgan fingerprint density at radius 3 is 2.41 bits per heavy atom. The molecule has 0 fully saturated rings. The van der Waals surface area contributed by atoms with Crippen molar-refractivity contribution in [3.63, 3.8) is 0 Å². The van der Waals surface area contributed by atoms with Crippen LogP contribution in [0.3, 0.4) is 0 Å². The van der Waals surface area contributed by atoms with Crippen molar-refractivity contribution in [3.8, 4) is 28.6 Å². The van der Waals surface area contributed by atoms with Crippen LogP contribution < -0.4 is 14.9 Å². The van der Waals surface area contributed by atoms with Crippen molar-refractivity contribution in [3.05, 3.63) is 94.2 Å². The maximum atomic E-state index is 13.6. The van der Waals surface area contributed by atoms with Gasteiger partial charge in [-0.1, -0.05) is 60.7 Å². The Morgan fingerprint density at radius 1 is 1.00 bits per heavy atom. The summed E-state index contributed by atoms with van der Waals surface area (Å²) in [5.74, 6) is 0.624. The van der Waals surface area contributed by atoms with Crippen LogP contribution >= 0.6 is 0 Å². The van der Waals surface area contributed by atoms with Gasteiger partial charge in [0.15, 0.2) is 11.3 Å². The standard InChI is InChI=1S/C27H22O5/c1-27(2)14-13-19-21(32-27)15-20(28)22-23(29)26(30-16-17-9-5-3-6-10-17)24(31-25(19)22)18-11-7-4-8-12-18/h3-15,28H,16H2,1-2H3. The van der Waals surface area contributed by atoms with E-state index < -0.39 is 11.0 Å². The second-order valence-corrected chi connectivity index (χ2v) is 8.28. The van der Waals surface area contributed by atoms with Crippen LogP contribution in [-0.2, 0) is 6.61 Å². The smallest absolute Gasteiger partial charge is 0.239 e. The summed E-state index contributed by atoms with van der Waals surface area (Å²) in [4.78, 5) is 13.6. The van der Waals surface area contributed by atoms with Crippen LogP contribution in [0.5, 0.6) is 17.2 Å². The molecule has 5 nitrogen and oxygen atoms in total. The molecule has 1 aliphatic heterocycles. The largest absolute Gasteiger partial charge is 0.507 e. The average molecular weight is 426 g/mol. The van der Waals surface area contributed by atoms with Gasteiger partial charge in [-0.05, 0) is 31.6 Å². The van der Waals surface area contributed by atoms with Gasteiger partial charge in [0.05, 0.1) is 5.56 Å². The van der Waals surface area contributed by atoms with Crippen molar-refractivity contribution >= 4 is 17.0 Å². The third kappa shape index (κ3) is 3.52. The number of ether oxygens (including phenoxy) is 2. The van der Waals surface area contributed by atoms with Crippen molar-refractivity contribution in [2.24, 2.45) is 0 Å². The van der Waals surface area contributed by atoms with Gasteiger partial charge in [0.1, 0.15) is 29.1 Å². The molecule has 5 heteroatoms. The summed E-state index contributed by atoms with van der Waals surface area (Å²) in [6, 6.07) is 20.4. The van der Waals surface area contributed by atoms with Gasteiger partial charge in [-0.25, -0.2) is 0 Å². The van der Waals surface area contributed by atoms with E-state index in [0.29, 0.717) is 22.6 Å². The highest BCUT2D eigenvalue weighted by Gasteiger charge is 2.28. The fourth-order valence-corrected chi connectivity index (χ4v) is 3.81. The van der Waals surface area contributed by atoms with E-state index >= 15 is 0 Å². The first-order valence-corrected chi connectivity index (χ1v) is 10.4. The van der Waals surface area contributed by atoms with Gasteiger partial charge in [-0.15, -0.1) is 0 Å². The number of aromatic hydroxyl groups is 1. The van der Waals surface area contributed by atoms with Crippen LogP contribution in [0.2, 0.25) is 0 Å². The Bertz CT molecular complexity index is 1380. The van der Waals surface area contributed by atoms with E-state index in [1.54, 1.807) is 0 Å². The van der Waals surface area contributed by atoms with E-state index in [1.165, 1.54) is 6.07 Å². The predicted molar refractivity (Wildman–Crippen MR) is 124 cm³/mol. The molecule has 0 saturated heterocycles. The lowest BCUT2D eigenvalue weighted by atomic mass is 9.99. The summed E-state index contributed by atoms with van der Waals surface area (Å²) < 4.78 is 18.3. The number of fused-ring (bicyclic) bond motifs is 3. The zero-order valence-corrected chi connectivity index (χ0v) is 17.8. The van der Waals surface area contributed by atoms with Crippen molar-refractivity contribution in [2.45, 2.75) is 26.1 Å². The summed E-state index contributed by atoms with van der Waals surface area (Å²) in [6.07, 6.45) is 3.76.